The monoisotopic (exact) mass is 268 g/mol. The lowest BCUT2D eigenvalue weighted by Gasteiger charge is -2.00. The van der Waals surface area contributed by atoms with Crippen LogP contribution in [-0.2, 0) is 11.2 Å². The number of halogens is 1. The second-order valence-corrected chi connectivity index (χ2v) is 4.21. The van der Waals surface area contributed by atoms with Crippen molar-refractivity contribution in [2.75, 3.05) is 0 Å². The minimum absolute atomic E-state index is 0.0105. The van der Waals surface area contributed by atoms with Crippen molar-refractivity contribution in [3.63, 3.8) is 0 Å². The van der Waals surface area contributed by atoms with Gasteiger partial charge in [-0.2, -0.15) is 0 Å². The van der Waals surface area contributed by atoms with E-state index < -0.39 is 5.97 Å². The van der Waals surface area contributed by atoms with Crippen molar-refractivity contribution in [3.05, 3.63) is 34.2 Å². The largest absolute Gasteiger partial charge is 0.481 e. The van der Waals surface area contributed by atoms with Gasteiger partial charge in [0.05, 0.1) is 17.8 Å². The van der Waals surface area contributed by atoms with Gasteiger partial charge in [0, 0.05) is 10.7 Å². The van der Waals surface area contributed by atoms with Gasteiger partial charge in [0.2, 0.25) is 0 Å². The molecular formula is C10H9BrN2O2. The maximum absolute atomic E-state index is 10.7. The maximum Gasteiger partial charge on any atom is 0.309 e. The summed E-state index contributed by atoms with van der Waals surface area (Å²) in [7, 11) is 0. The summed E-state index contributed by atoms with van der Waals surface area (Å²) in [4.78, 5) is 15.0. The third-order valence-electron chi connectivity index (χ3n) is 2.20. The first-order chi connectivity index (χ1) is 7.08. The molecule has 2 aromatic rings. The number of aliphatic carboxylic acids is 1. The molecule has 0 saturated carbocycles. The normalized spacial score (nSPS) is 10.8. The Hall–Kier alpha value is -1.36. The lowest BCUT2D eigenvalue weighted by Crippen LogP contribution is -2.04. The quantitative estimate of drug-likeness (QED) is 0.907. The number of carboxylic acids is 1. The Morgan fingerprint density at radius 2 is 2.33 bits per heavy atom. The zero-order valence-corrected chi connectivity index (χ0v) is 9.65. The second kappa shape index (κ2) is 3.66. The lowest BCUT2D eigenvalue weighted by molar-refractivity contribution is -0.136. The van der Waals surface area contributed by atoms with Crippen LogP contribution in [0.25, 0.3) is 5.65 Å². The molecule has 0 aromatic carbocycles. The van der Waals surface area contributed by atoms with Gasteiger partial charge in [-0.1, -0.05) is 0 Å². The highest BCUT2D eigenvalue weighted by molar-refractivity contribution is 9.10. The van der Waals surface area contributed by atoms with Gasteiger partial charge < -0.3 is 9.51 Å². The molecule has 4 nitrogen and oxygen atoms in total. The summed E-state index contributed by atoms with van der Waals surface area (Å²) >= 11 is 3.35. The number of nitrogens with zero attached hydrogens (tertiary/aromatic N) is 2. The minimum Gasteiger partial charge on any atom is -0.481 e. The van der Waals surface area contributed by atoms with Gasteiger partial charge in [0.25, 0.3) is 0 Å². The Morgan fingerprint density at radius 3 is 3.00 bits per heavy atom. The molecule has 0 amide bonds. The Kier molecular flexibility index (Phi) is 2.48. The molecule has 1 N–H and O–H groups in total. The minimum atomic E-state index is -0.847. The van der Waals surface area contributed by atoms with Crippen LogP contribution >= 0.6 is 15.9 Å². The molecule has 0 atom stereocenters. The van der Waals surface area contributed by atoms with Crippen LogP contribution in [-0.4, -0.2) is 20.5 Å². The number of pyridine rings is 1. The Balaban J connectivity index is 2.65. The van der Waals surface area contributed by atoms with Gasteiger partial charge >= 0.3 is 5.97 Å². The Labute approximate surface area is 94.7 Å². The average Bonchev–Trinajstić information content (AvgIpc) is 2.43. The first-order valence-electron chi connectivity index (χ1n) is 4.43. The standard InChI is InChI=1S/C10H9BrN2O2/c1-6-8(4-10(14)15)13-5-7(11)2-3-9(13)12-6/h2-3,5H,4H2,1H3,(H,14,15). The van der Waals surface area contributed by atoms with E-state index >= 15 is 0 Å². The summed E-state index contributed by atoms with van der Waals surface area (Å²) in [6.45, 7) is 1.82. The molecule has 0 saturated heterocycles. The van der Waals surface area contributed by atoms with Crippen molar-refractivity contribution in [2.45, 2.75) is 13.3 Å². The number of carbonyl (C=O) groups is 1. The van der Waals surface area contributed by atoms with Crippen LogP contribution in [0.4, 0.5) is 0 Å². The van der Waals surface area contributed by atoms with E-state index in [0.717, 1.165) is 21.5 Å². The molecule has 15 heavy (non-hydrogen) atoms. The van der Waals surface area contributed by atoms with Gasteiger partial charge in [-0.05, 0) is 35.0 Å². The van der Waals surface area contributed by atoms with Crippen molar-refractivity contribution >= 4 is 27.5 Å². The summed E-state index contributed by atoms with van der Waals surface area (Å²) < 4.78 is 2.70. The fourth-order valence-corrected chi connectivity index (χ4v) is 1.88. The Bertz CT molecular complexity index is 533. The molecule has 78 valence electrons. The van der Waals surface area contributed by atoms with Crippen LogP contribution in [0.2, 0.25) is 0 Å². The lowest BCUT2D eigenvalue weighted by atomic mass is 10.2. The number of aryl methyl sites for hydroxylation is 1. The fraction of sp³-hybridized carbons (Fsp3) is 0.200. The van der Waals surface area contributed by atoms with Gasteiger partial charge in [0.1, 0.15) is 5.65 Å². The summed E-state index contributed by atoms with van der Waals surface area (Å²) in [5, 5.41) is 8.79. The number of carboxylic acid groups (broad SMARTS) is 1. The molecule has 0 fully saturated rings. The maximum atomic E-state index is 10.7. The molecule has 0 aliphatic heterocycles. The van der Waals surface area contributed by atoms with Crippen LogP contribution in [0.1, 0.15) is 11.4 Å². The van der Waals surface area contributed by atoms with E-state index in [4.69, 9.17) is 5.11 Å². The van der Waals surface area contributed by atoms with Crippen molar-refractivity contribution < 1.29 is 9.90 Å². The average molecular weight is 269 g/mol. The van der Waals surface area contributed by atoms with Crippen LogP contribution in [0.5, 0.6) is 0 Å². The van der Waals surface area contributed by atoms with Crippen molar-refractivity contribution in [1.82, 2.24) is 9.38 Å². The van der Waals surface area contributed by atoms with Crippen molar-refractivity contribution in [2.24, 2.45) is 0 Å². The number of imidazole rings is 1. The van der Waals surface area contributed by atoms with E-state index in [1.54, 1.807) is 4.40 Å². The highest BCUT2D eigenvalue weighted by Gasteiger charge is 2.11. The predicted molar refractivity (Wildman–Crippen MR) is 59.0 cm³/mol. The molecule has 0 unspecified atom stereocenters. The number of aromatic nitrogens is 2. The molecule has 2 rings (SSSR count). The molecule has 0 radical (unpaired) electrons. The summed E-state index contributed by atoms with van der Waals surface area (Å²) in [6.07, 6.45) is 1.82. The summed E-state index contributed by atoms with van der Waals surface area (Å²) in [6, 6.07) is 3.73. The summed E-state index contributed by atoms with van der Waals surface area (Å²) in [5.41, 5.74) is 2.25. The molecule has 5 heteroatoms. The van der Waals surface area contributed by atoms with E-state index in [0.29, 0.717) is 0 Å². The Morgan fingerprint density at radius 1 is 1.60 bits per heavy atom. The predicted octanol–water partition coefficient (Wildman–Crippen LogP) is 2.03. The third kappa shape index (κ3) is 1.87. The second-order valence-electron chi connectivity index (χ2n) is 3.29. The molecule has 0 bridgehead atoms. The molecular weight excluding hydrogens is 260 g/mol. The SMILES string of the molecule is Cc1nc2ccc(Br)cn2c1CC(=O)O. The topological polar surface area (TPSA) is 54.6 Å². The van der Waals surface area contributed by atoms with Crippen LogP contribution in [0, 0.1) is 6.92 Å². The first kappa shape index (κ1) is 10.2. The zero-order valence-electron chi connectivity index (χ0n) is 8.07. The van der Waals surface area contributed by atoms with Crippen molar-refractivity contribution in [1.29, 1.82) is 0 Å². The number of fused-ring (bicyclic) bond motifs is 1. The van der Waals surface area contributed by atoms with E-state index in [9.17, 15) is 4.79 Å². The van der Waals surface area contributed by atoms with Crippen LogP contribution < -0.4 is 0 Å². The molecule has 0 aliphatic carbocycles. The van der Waals surface area contributed by atoms with E-state index in [1.807, 2.05) is 25.3 Å². The molecule has 2 aromatic heterocycles. The molecule has 2 heterocycles. The van der Waals surface area contributed by atoms with Crippen LogP contribution in [0.3, 0.4) is 0 Å². The first-order valence-corrected chi connectivity index (χ1v) is 5.22. The smallest absolute Gasteiger partial charge is 0.309 e. The van der Waals surface area contributed by atoms with Gasteiger partial charge in [-0.15, -0.1) is 0 Å². The van der Waals surface area contributed by atoms with E-state index in [2.05, 4.69) is 20.9 Å². The molecule has 0 spiro atoms. The van der Waals surface area contributed by atoms with Gasteiger partial charge in [-0.3, -0.25) is 4.79 Å². The summed E-state index contributed by atoms with van der Waals surface area (Å²) in [5.74, 6) is -0.847. The van der Waals surface area contributed by atoms with E-state index in [-0.39, 0.29) is 6.42 Å². The van der Waals surface area contributed by atoms with Gasteiger partial charge in [-0.25, -0.2) is 4.98 Å². The number of rotatable bonds is 2. The number of hydrogen-bond acceptors (Lipinski definition) is 2. The molecule has 0 aliphatic rings. The van der Waals surface area contributed by atoms with Crippen molar-refractivity contribution in [3.8, 4) is 0 Å². The third-order valence-corrected chi connectivity index (χ3v) is 2.67. The highest BCUT2D eigenvalue weighted by Crippen LogP contribution is 2.16. The highest BCUT2D eigenvalue weighted by atomic mass is 79.9. The van der Waals surface area contributed by atoms with Crippen LogP contribution in [0.15, 0.2) is 22.8 Å². The van der Waals surface area contributed by atoms with Gasteiger partial charge in [0.15, 0.2) is 0 Å². The number of hydrogen-bond donors (Lipinski definition) is 1. The fourth-order valence-electron chi connectivity index (χ4n) is 1.54. The van der Waals surface area contributed by atoms with E-state index in [1.165, 1.54) is 0 Å². The zero-order chi connectivity index (χ0) is 11.0.